The fourth-order valence-corrected chi connectivity index (χ4v) is 8.29. The number of nitrogens with zero attached hydrogens (tertiary/aromatic N) is 4. The zero-order valence-electron chi connectivity index (χ0n) is 22.2. The first-order valence-electron chi connectivity index (χ1n) is 13.0. The quantitative estimate of drug-likeness (QED) is 0.373. The Balaban J connectivity index is 0.00000370. The minimum absolute atomic E-state index is 0. The average molecular weight is 629 g/mol. The van der Waals surface area contributed by atoms with E-state index < -0.39 is 19.9 Å². The molecule has 0 spiro atoms. The minimum atomic E-state index is -3.61. The number of halogens is 1. The van der Waals surface area contributed by atoms with Crippen LogP contribution in [0.4, 0.5) is 5.13 Å². The zero-order valence-corrected chi connectivity index (χ0v) is 25.5. The van der Waals surface area contributed by atoms with Crippen molar-refractivity contribution in [2.45, 2.75) is 29.1 Å². The summed E-state index contributed by atoms with van der Waals surface area (Å²) in [6.45, 7) is 4.69. The number of sulfonamides is 1. The molecule has 0 bridgehead atoms. The lowest BCUT2D eigenvalue weighted by molar-refractivity contribution is 0.0391. The van der Waals surface area contributed by atoms with Crippen molar-refractivity contribution >= 4 is 64.9 Å². The number of carbonyl (C=O) groups is 1. The van der Waals surface area contributed by atoms with Crippen LogP contribution < -0.4 is 4.90 Å². The van der Waals surface area contributed by atoms with Gasteiger partial charge in [-0.2, -0.15) is 4.31 Å². The van der Waals surface area contributed by atoms with Gasteiger partial charge in [0.05, 0.1) is 27.7 Å². The van der Waals surface area contributed by atoms with Gasteiger partial charge in [0.25, 0.3) is 5.91 Å². The summed E-state index contributed by atoms with van der Waals surface area (Å²) in [6.07, 6.45) is 3.85. The molecule has 14 heteroatoms. The van der Waals surface area contributed by atoms with Gasteiger partial charge < -0.3 is 4.74 Å². The Kier molecular flexibility index (Phi) is 9.87. The minimum Gasteiger partial charge on any atom is -0.379 e. The Morgan fingerprint density at radius 3 is 2.30 bits per heavy atom. The number of fused-ring (bicyclic) bond motifs is 1. The maximum Gasteiger partial charge on any atom is 0.260 e. The predicted octanol–water partition coefficient (Wildman–Crippen LogP) is 3.28. The van der Waals surface area contributed by atoms with Gasteiger partial charge in [-0.25, -0.2) is 21.8 Å². The van der Waals surface area contributed by atoms with E-state index in [-0.39, 0.29) is 28.1 Å². The number of para-hydroxylation sites is 1. The molecular weight excluding hydrogens is 596 g/mol. The summed E-state index contributed by atoms with van der Waals surface area (Å²) in [6, 6.07) is 11.0. The van der Waals surface area contributed by atoms with Crippen LogP contribution in [0.3, 0.4) is 0 Å². The number of morpholine rings is 1. The van der Waals surface area contributed by atoms with Gasteiger partial charge in [0.15, 0.2) is 15.0 Å². The fourth-order valence-electron chi connectivity index (χ4n) is 4.86. The first-order valence-corrected chi connectivity index (χ1v) is 17.1. The standard InChI is InChI=1S/C26H32N4O6S3.ClH/c1-38(32,33)23-7-5-6-22-24(23)27-26(37-22)30(15-14-28-16-18-36-19-17-28)25(31)20-8-10-21(11-9-20)39(34,35)29-12-3-2-4-13-29;/h5-11H,2-4,12-19H2,1H3;1H. The molecule has 0 radical (unpaired) electrons. The summed E-state index contributed by atoms with van der Waals surface area (Å²) >= 11 is 1.26. The van der Waals surface area contributed by atoms with Crippen molar-refractivity contribution in [1.82, 2.24) is 14.2 Å². The maximum atomic E-state index is 13.8. The third-order valence-corrected chi connectivity index (χ3v) is 11.1. The molecule has 0 atom stereocenters. The van der Waals surface area contributed by atoms with E-state index in [1.807, 2.05) is 0 Å². The summed E-state index contributed by atoms with van der Waals surface area (Å²) in [4.78, 5) is 22.5. The van der Waals surface area contributed by atoms with Crippen molar-refractivity contribution in [2.75, 3.05) is 63.6 Å². The largest absolute Gasteiger partial charge is 0.379 e. The number of aromatic nitrogens is 1. The third kappa shape index (κ3) is 6.67. The maximum absolute atomic E-state index is 13.8. The normalized spacial score (nSPS) is 17.4. The molecule has 1 amide bonds. The number of hydrogen-bond donors (Lipinski definition) is 0. The molecular formula is C26H33ClN4O6S3. The van der Waals surface area contributed by atoms with Crippen LogP contribution >= 0.6 is 23.7 Å². The molecule has 3 aromatic rings. The zero-order chi connectivity index (χ0) is 27.6. The Morgan fingerprint density at radius 2 is 1.65 bits per heavy atom. The Bertz CT molecular complexity index is 1550. The number of benzene rings is 2. The molecule has 2 fully saturated rings. The Hall–Kier alpha value is -2.13. The van der Waals surface area contributed by atoms with E-state index in [2.05, 4.69) is 9.88 Å². The fraction of sp³-hybridized carbons (Fsp3) is 0.462. The summed E-state index contributed by atoms with van der Waals surface area (Å²) < 4.78 is 58.5. The van der Waals surface area contributed by atoms with E-state index in [0.717, 1.165) is 38.6 Å². The number of carbonyl (C=O) groups excluding carboxylic acids is 1. The van der Waals surface area contributed by atoms with Gasteiger partial charge in [0.1, 0.15) is 5.52 Å². The molecule has 0 N–H and O–H groups in total. The van der Waals surface area contributed by atoms with Gasteiger partial charge in [-0.3, -0.25) is 14.6 Å². The van der Waals surface area contributed by atoms with Gasteiger partial charge >= 0.3 is 0 Å². The van der Waals surface area contributed by atoms with Crippen LogP contribution in [-0.4, -0.2) is 95.7 Å². The average Bonchev–Trinajstić information content (AvgIpc) is 3.37. The van der Waals surface area contributed by atoms with Crippen molar-refractivity contribution in [3.8, 4) is 0 Å². The van der Waals surface area contributed by atoms with Crippen LogP contribution in [0.5, 0.6) is 0 Å². The number of amides is 1. The van der Waals surface area contributed by atoms with E-state index in [9.17, 15) is 21.6 Å². The van der Waals surface area contributed by atoms with E-state index in [1.54, 1.807) is 17.0 Å². The van der Waals surface area contributed by atoms with Crippen molar-refractivity contribution in [1.29, 1.82) is 0 Å². The van der Waals surface area contributed by atoms with Crippen molar-refractivity contribution in [3.63, 3.8) is 0 Å². The van der Waals surface area contributed by atoms with Crippen molar-refractivity contribution < 1.29 is 26.4 Å². The highest BCUT2D eigenvalue weighted by atomic mass is 35.5. The van der Waals surface area contributed by atoms with Gasteiger partial charge in [-0.05, 0) is 49.2 Å². The first-order chi connectivity index (χ1) is 18.6. The Labute approximate surface area is 245 Å². The van der Waals surface area contributed by atoms with Crippen LogP contribution in [-0.2, 0) is 24.6 Å². The van der Waals surface area contributed by atoms with Crippen molar-refractivity contribution in [2.24, 2.45) is 0 Å². The molecule has 0 aliphatic carbocycles. The summed E-state index contributed by atoms with van der Waals surface area (Å²) in [5.41, 5.74) is 0.671. The van der Waals surface area contributed by atoms with Crippen LogP contribution in [0, 0.1) is 0 Å². The second-order valence-corrected chi connectivity index (χ2v) is 14.7. The number of piperidine rings is 1. The molecule has 2 saturated heterocycles. The van der Waals surface area contributed by atoms with Gasteiger partial charge in [0.2, 0.25) is 10.0 Å². The van der Waals surface area contributed by atoms with Crippen LogP contribution in [0.15, 0.2) is 52.3 Å². The second-order valence-electron chi connectivity index (χ2n) is 9.77. The number of hydrogen-bond acceptors (Lipinski definition) is 9. The Morgan fingerprint density at radius 1 is 0.975 bits per heavy atom. The predicted molar refractivity (Wildman–Crippen MR) is 158 cm³/mol. The summed E-state index contributed by atoms with van der Waals surface area (Å²) in [5, 5.41) is 0.393. The lowest BCUT2D eigenvalue weighted by atomic mass is 10.2. The van der Waals surface area contributed by atoms with Gasteiger partial charge in [-0.15, -0.1) is 12.4 Å². The molecule has 10 nitrogen and oxygen atoms in total. The number of sulfone groups is 1. The summed E-state index contributed by atoms with van der Waals surface area (Å²) in [7, 11) is -7.13. The molecule has 0 saturated carbocycles. The molecule has 2 aromatic carbocycles. The number of thiazole rings is 1. The monoisotopic (exact) mass is 628 g/mol. The molecule has 5 rings (SSSR count). The molecule has 2 aliphatic rings. The second kappa shape index (κ2) is 12.8. The van der Waals surface area contributed by atoms with Crippen LogP contribution in [0.1, 0.15) is 29.6 Å². The smallest absolute Gasteiger partial charge is 0.260 e. The number of rotatable bonds is 8. The van der Waals surface area contributed by atoms with E-state index in [4.69, 9.17) is 4.74 Å². The molecule has 2 aliphatic heterocycles. The topological polar surface area (TPSA) is 117 Å². The van der Waals surface area contributed by atoms with E-state index in [1.165, 1.54) is 46.0 Å². The highest BCUT2D eigenvalue weighted by Gasteiger charge is 2.28. The molecule has 1 aromatic heterocycles. The number of ether oxygens (including phenoxy) is 1. The van der Waals surface area contributed by atoms with Crippen LogP contribution in [0.2, 0.25) is 0 Å². The number of anilines is 1. The van der Waals surface area contributed by atoms with Gasteiger partial charge in [0, 0.05) is 51.1 Å². The van der Waals surface area contributed by atoms with E-state index in [0.29, 0.717) is 60.3 Å². The molecule has 40 heavy (non-hydrogen) atoms. The highest BCUT2D eigenvalue weighted by Crippen LogP contribution is 2.33. The van der Waals surface area contributed by atoms with Crippen molar-refractivity contribution in [3.05, 3.63) is 48.0 Å². The third-order valence-electron chi connectivity index (χ3n) is 7.04. The summed E-state index contributed by atoms with van der Waals surface area (Å²) in [5.74, 6) is -0.329. The molecule has 0 unspecified atom stereocenters. The molecule has 218 valence electrons. The van der Waals surface area contributed by atoms with E-state index >= 15 is 0 Å². The lowest BCUT2D eigenvalue weighted by Crippen LogP contribution is -2.43. The van der Waals surface area contributed by atoms with Gasteiger partial charge in [-0.1, -0.05) is 23.8 Å². The van der Waals surface area contributed by atoms with Crippen LogP contribution in [0.25, 0.3) is 10.2 Å². The lowest BCUT2D eigenvalue weighted by Gasteiger charge is -2.29. The first kappa shape index (κ1) is 30.8. The highest BCUT2D eigenvalue weighted by molar-refractivity contribution is 7.91. The SMILES string of the molecule is CS(=O)(=O)c1cccc2sc(N(CCN3CCOCC3)C(=O)c3ccc(S(=O)(=O)N4CCCCC4)cc3)nc12.Cl. The molecule has 3 heterocycles.